The van der Waals surface area contributed by atoms with Crippen LogP contribution in [0.1, 0.15) is 20.3 Å². The van der Waals surface area contributed by atoms with Crippen LogP contribution in [0.2, 0.25) is 0 Å². The van der Waals surface area contributed by atoms with E-state index in [-0.39, 0.29) is 12.2 Å². The van der Waals surface area contributed by atoms with Gasteiger partial charge in [-0.3, -0.25) is 0 Å². The van der Waals surface area contributed by atoms with Crippen LogP contribution in [0, 0.1) is 0 Å². The maximum Gasteiger partial charge on any atom is 0.127 e. The van der Waals surface area contributed by atoms with Crippen LogP contribution in [0.4, 0.5) is 0 Å². The fourth-order valence-electron chi connectivity index (χ4n) is 0.734. The molecule has 0 aromatic rings. The number of rotatable bonds is 5. The Morgan fingerprint density at radius 2 is 2.00 bits per heavy atom. The van der Waals surface area contributed by atoms with Crippen LogP contribution >= 0.6 is 0 Å². The van der Waals surface area contributed by atoms with Crippen LogP contribution in [0.3, 0.4) is 0 Å². The number of oxime groups is 1. The molecule has 10 heavy (non-hydrogen) atoms. The van der Waals surface area contributed by atoms with Crippen molar-refractivity contribution in [3.63, 3.8) is 0 Å². The van der Waals surface area contributed by atoms with Crippen molar-refractivity contribution in [3.05, 3.63) is 0 Å². The molecule has 0 rings (SSSR count). The SMILES string of the molecule is C=NOC(C)CC(C)OC. The highest BCUT2D eigenvalue weighted by molar-refractivity contribution is 5.21. The second kappa shape index (κ2) is 5.23. The lowest BCUT2D eigenvalue weighted by Gasteiger charge is -2.13. The van der Waals surface area contributed by atoms with Crippen molar-refractivity contribution in [3.8, 4) is 0 Å². The molecule has 0 bridgehead atoms. The number of nitrogens with zero attached hydrogens (tertiary/aromatic N) is 1. The van der Waals surface area contributed by atoms with Gasteiger partial charge < -0.3 is 9.57 Å². The minimum atomic E-state index is 0.0902. The average Bonchev–Trinajstić information content (AvgIpc) is 1.88. The Kier molecular flexibility index (Phi) is 4.94. The lowest BCUT2D eigenvalue weighted by atomic mass is 10.2. The highest BCUT2D eigenvalue weighted by atomic mass is 16.6. The van der Waals surface area contributed by atoms with Gasteiger partial charge in [0.1, 0.15) is 6.10 Å². The van der Waals surface area contributed by atoms with Crippen molar-refractivity contribution >= 4 is 6.72 Å². The zero-order valence-corrected chi connectivity index (χ0v) is 6.83. The molecule has 0 aliphatic carbocycles. The second-order valence-electron chi connectivity index (χ2n) is 2.33. The first-order valence-electron chi connectivity index (χ1n) is 3.35. The largest absolute Gasteiger partial charge is 0.393 e. The van der Waals surface area contributed by atoms with Crippen molar-refractivity contribution < 1.29 is 9.57 Å². The van der Waals surface area contributed by atoms with E-state index in [1.54, 1.807) is 7.11 Å². The van der Waals surface area contributed by atoms with Crippen molar-refractivity contribution in [1.29, 1.82) is 0 Å². The predicted octanol–water partition coefficient (Wildman–Crippen LogP) is 1.43. The van der Waals surface area contributed by atoms with Crippen molar-refractivity contribution in [2.24, 2.45) is 5.16 Å². The molecular formula is C7H15NO2. The Morgan fingerprint density at radius 1 is 1.40 bits per heavy atom. The molecule has 0 aliphatic heterocycles. The fraction of sp³-hybridized carbons (Fsp3) is 0.857. The third-order valence-corrected chi connectivity index (χ3v) is 1.32. The first-order chi connectivity index (χ1) is 4.70. The third kappa shape index (κ3) is 4.32. The molecule has 60 valence electrons. The van der Waals surface area contributed by atoms with Gasteiger partial charge in [-0.05, 0) is 13.8 Å². The summed E-state index contributed by atoms with van der Waals surface area (Å²) in [5.74, 6) is 0. The molecule has 0 saturated heterocycles. The van der Waals surface area contributed by atoms with Gasteiger partial charge in [-0.2, -0.15) is 0 Å². The van der Waals surface area contributed by atoms with Crippen molar-refractivity contribution in [2.45, 2.75) is 32.5 Å². The smallest absolute Gasteiger partial charge is 0.127 e. The molecule has 0 fully saturated rings. The molecule has 0 aliphatic rings. The van der Waals surface area contributed by atoms with Crippen molar-refractivity contribution in [1.82, 2.24) is 0 Å². The highest BCUT2D eigenvalue weighted by Crippen LogP contribution is 2.03. The quantitative estimate of drug-likeness (QED) is 0.433. The maximum absolute atomic E-state index is 5.03. The summed E-state index contributed by atoms with van der Waals surface area (Å²) in [6.07, 6.45) is 1.15. The Bertz CT molecular complexity index is 95.6. The van der Waals surface area contributed by atoms with E-state index in [9.17, 15) is 0 Å². The van der Waals surface area contributed by atoms with Gasteiger partial charge in [0, 0.05) is 20.2 Å². The van der Waals surface area contributed by atoms with Crippen LogP contribution < -0.4 is 0 Å². The summed E-state index contributed by atoms with van der Waals surface area (Å²) < 4.78 is 5.03. The van der Waals surface area contributed by atoms with Gasteiger partial charge in [0.25, 0.3) is 0 Å². The molecule has 0 radical (unpaired) electrons. The van der Waals surface area contributed by atoms with Crippen LogP contribution in [-0.4, -0.2) is 26.0 Å². The van der Waals surface area contributed by atoms with E-state index in [0.717, 1.165) is 6.42 Å². The summed E-state index contributed by atoms with van der Waals surface area (Å²) >= 11 is 0. The third-order valence-electron chi connectivity index (χ3n) is 1.32. The summed E-state index contributed by atoms with van der Waals surface area (Å²) in [5.41, 5.74) is 0. The summed E-state index contributed by atoms with van der Waals surface area (Å²) in [6, 6.07) is 0. The van der Waals surface area contributed by atoms with E-state index < -0.39 is 0 Å². The van der Waals surface area contributed by atoms with Crippen LogP contribution in [-0.2, 0) is 9.57 Å². The number of hydrogen-bond acceptors (Lipinski definition) is 3. The highest BCUT2D eigenvalue weighted by Gasteiger charge is 2.07. The number of methoxy groups -OCH3 is 1. The minimum absolute atomic E-state index is 0.0902. The summed E-state index contributed by atoms with van der Waals surface area (Å²) in [6.45, 7) is 7.14. The van der Waals surface area contributed by atoms with E-state index in [4.69, 9.17) is 9.57 Å². The van der Waals surface area contributed by atoms with E-state index in [2.05, 4.69) is 11.9 Å². The van der Waals surface area contributed by atoms with E-state index in [1.807, 2.05) is 13.8 Å². The molecule has 0 amide bonds. The summed E-state index contributed by atoms with van der Waals surface area (Å²) in [4.78, 5) is 4.85. The Labute approximate surface area is 62.0 Å². The average molecular weight is 145 g/mol. The fourth-order valence-corrected chi connectivity index (χ4v) is 0.734. The minimum Gasteiger partial charge on any atom is -0.393 e. The molecule has 3 nitrogen and oxygen atoms in total. The van der Waals surface area contributed by atoms with E-state index in [1.165, 1.54) is 0 Å². The molecule has 0 heterocycles. The zero-order valence-electron chi connectivity index (χ0n) is 6.83. The number of ether oxygens (including phenoxy) is 1. The zero-order chi connectivity index (χ0) is 7.98. The van der Waals surface area contributed by atoms with Gasteiger partial charge in [0.15, 0.2) is 0 Å². The monoisotopic (exact) mass is 145 g/mol. The summed E-state index contributed by atoms with van der Waals surface area (Å²) in [7, 11) is 1.68. The Balaban J connectivity index is 3.35. The molecular weight excluding hydrogens is 130 g/mol. The Hall–Kier alpha value is -0.570. The van der Waals surface area contributed by atoms with Gasteiger partial charge in [-0.25, -0.2) is 0 Å². The van der Waals surface area contributed by atoms with Gasteiger partial charge in [0.2, 0.25) is 0 Å². The molecule has 2 unspecified atom stereocenters. The summed E-state index contributed by atoms with van der Waals surface area (Å²) in [5, 5.41) is 3.32. The molecule has 3 heteroatoms. The first kappa shape index (κ1) is 9.43. The lowest BCUT2D eigenvalue weighted by Crippen LogP contribution is -2.15. The molecule has 0 aromatic heterocycles. The maximum atomic E-state index is 5.03. The van der Waals surface area contributed by atoms with Gasteiger partial charge in [-0.15, -0.1) is 5.16 Å². The Morgan fingerprint density at radius 3 is 2.40 bits per heavy atom. The van der Waals surface area contributed by atoms with Crippen LogP contribution in [0.5, 0.6) is 0 Å². The topological polar surface area (TPSA) is 30.8 Å². The normalized spacial score (nSPS) is 15.9. The van der Waals surface area contributed by atoms with E-state index in [0.29, 0.717) is 0 Å². The van der Waals surface area contributed by atoms with Gasteiger partial charge in [0.05, 0.1) is 6.10 Å². The van der Waals surface area contributed by atoms with Crippen molar-refractivity contribution in [2.75, 3.05) is 7.11 Å². The lowest BCUT2D eigenvalue weighted by molar-refractivity contribution is 0.0184. The van der Waals surface area contributed by atoms with Gasteiger partial charge in [-0.1, -0.05) is 0 Å². The predicted molar refractivity (Wildman–Crippen MR) is 41.2 cm³/mol. The molecule has 0 saturated carbocycles. The standard InChI is InChI=1S/C7H15NO2/c1-6(9-4)5-7(2)10-8-3/h6-7H,3,5H2,1-2,4H3. The van der Waals surface area contributed by atoms with Crippen LogP contribution in [0.15, 0.2) is 5.16 Å². The van der Waals surface area contributed by atoms with Crippen LogP contribution in [0.25, 0.3) is 0 Å². The molecule has 0 spiro atoms. The molecule has 2 atom stereocenters. The second-order valence-corrected chi connectivity index (χ2v) is 2.33. The number of hydrogen-bond donors (Lipinski definition) is 0. The first-order valence-corrected chi connectivity index (χ1v) is 3.35. The molecule has 0 aromatic carbocycles. The molecule has 0 N–H and O–H groups in total. The van der Waals surface area contributed by atoms with Gasteiger partial charge >= 0.3 is 0 Å². The van der Waals surface area contributed by atoms with E-state index >= 15 is 0 Å².